The van der Waals surface area contributed by atoms with Gasteiger partial charge in [-0.3, -0.25) is 14.9 Å². The molecule has 3 rings (SSSR count). The number of carbonyl (C=O) groups excluding carboxylic acids is 2. The minimum absolute atomic E-state index is 0.108. The highest BCUT2D eigenvalue weighted by atomic mass is 19.1. The van der Waals surface area contributed by atoms with E-state index in [9.17, 15) is 28.5 Å². The first kappa shape index (κ1) is 23.1. The van der Waals surface area contributed by atoms with E-state index in [1.54, 1.807) is 0 Å². The summed E-state index contributed by atoms with van der Waals surface area (Å²) < 4.78 is 32.1. The molecule has 1 fully saturated rings. The molecule has 0 saturated carbocycles. The van der Waals surface area contributed by atoms with Crippen molar-refractivity contribution in [3.63, 3.8) is 0 Å². The summed E-state index contributed by atoms with van der Waals surface area (Å²) in [6.45, 7) is 4.68. The number of nitrogens with zero attached hydrogens (tertiary/aromatic N) is 2. The summed E-state index contributed by atoms with van der Waals surface area (Å²) in [5.41, 5.74) is -0.585. The Labute approximate surface area is 183 Å². The lowest BCUT2D eigenvalue weighted by molar-refractivity contribution is -0.384. The molecule has 170 valence electrons. The van der Waals surface area contributed by atoms with Gasteiger partial charge >= 0.3 is 5.97 Å². The second-order valence-electron chi connectivity index (χ2n) is 8.03. The number of carbonyl (C=O) groups is 2. The molecule has 2 aromatic carbocycles. The van der Waals surface area contributed by atoms with Gasteiger partial charge in [0.2, 0.25) is 0 Å². The molecule has 0 radical (unpaired) electrons. The van der Waals surface area contributed by atoms with Crippen LogP contribution in [0.2, 0.25) is 0 Å². The number of nitro groups is 1. The minimum atomic E-state index is -0.975. The fraction of sp³-hybridized carbons (Fsp3) is 0.364. The number of esters is 1. The van der Waals surface area contributed by atoms with Crippen molar-refractivity contribution < 1.29 is 28.0 Å². The van der Waals surface area contributed by atoms with E-state index < -0.39 is 40.7 Å². The third-order valence-corrected chi connectivity index (χ3v) is 5.18. The fourth-order valence-corrected chi connectivity index (χ4v) is 3.93. The van der Waals surface area contributed by atoms with Gasteiger partial charge in [-0.15, -0.1) is 0 Å². The highest BCUT2D eigenvalue weighted by Gasteiger charge is 2.28. The van der Waals surface area contributed by atoms with E-state index in [-0.39, 0.29) is 11.3 Å². The fourth-order valence-electron chi connectivity index (χ4n) is 3.93. The highest BCUT2D eigenvalue weighted by Crippen LogP contribution is 2.34. The largest absolute Gasteiger partial charge is 0.452 e. The SMILES string of the molecule is C[C@@H]1C[C@@H](C)CN(c2ccc(C(=O)OCC(=O)Nc3c(F)cccc3F)cc2[N+](=O)[O-])C1. The Morgan fingerprint density at radius 1 is 1.16 bits per heavy atom. The highest BCUT2D eigenvalue weighted by molar-refractivity contribution is 5.96. The Morgan fingerprint density at radius 2 is 1.78 bits per heavy atom. The normalized spacial score (nSPS) is 18.2. The summed E-state index contributed by atoms with van der Waals surface area (Å²) in [4.78, 5) is 37.2. The van der Waals surface area contributed by atoms with Gasteiger partial charge in [-0.05, 0) is 42.5 Å². The molecule has 10 heteroatoms. The molecule has 8 nitrogen and oxygen atoms in total. The number of piperidine rings is 1. The number of amides is 1. The quantitative estimate of drug-likeness (QED) is 0.406. The van der Waals surface area contributed by atoms with Crippen molar-refractivity contribution in [2.45, 2.75) is 20.3 Å². The lowest BCUT2D eigenvalue weighted by Crippen LogP contribution is -2.39. The maximum atomic E-state index is 13.6. The molecule has 1 aliphatic rings. The molecule has 1 saturated heterocycles. The van der Waals surface area contributed by atoms with Crippen molar-refractivity contribution in [2.75, 3.05) is 29.9 Å². The van der Waals surface area contributed by atoms with Crippen LogP contribution in [0.5, 0.6) is 0 Å². The Bertz CT molecular complexity index is 1020. The molecule has 1 aliphatic heterocycles. The van der Waals surface area contributed by atoms with E-state index in [1.165, 1.54) is 12.1 Å². The van der Waals surface area contributed by atoms with Gasteiger partial charge in [0.05, 0.1) is 10.5 Å². The van der Waals surface area contributed by atoms with Crippen molar-refractivity contribution in [2.24, 2.45) is 11.8 Å². The first-order valence-corrected chi connectivity index (χ1v) is 10.1. The Kier molecular flexibility index (Phi) is 7.01. The van der Waals surface area contributed by atoms with E-state index in [4.69, 9.17) is 4.74 Å². The maximum Gasteiger partial charge on any atom is 0.338 e. The molecule has 0 aromatic heterocycles. The van der Waals surface area contributed by atoms with Crippen LogP contribution in [-0.2, 0) is 9.53 Å². The van der Waals surface area contributed by atoms with Crippen molar-refractivity contribution in [1.29, 1.82) is 0 Å². The second-order valence-corrected chi connectivity index (χ2v) is 8.03. The van der Waals surface area contributed by atoms with E-state index in [2.05, 4.69) is 13.8 Å². The van der Waals surface area contributed by atoms with Crippen LogP contribution in [0.15, 0.2) is 36.4 Å². The van der Waals surface area contributed by atoms with Crippen LogP contribution in [0, 0.1) is 33.6 Å². The molecule has 1 heterocycles. The van der Waals surface area contributed by atoms with E-state index in [0.29, 0.717) is 30.6 Å². The number of nitro benzene ring substituents is 1. The van der Waals surface area contributed by atoms with Gasteiger partial charge < -0.3 is 15.0 Å². The summed E-state index contributed by atoms with van der Waals surface area (Å²) in [5, 5.41) is 13.6. The molecule has 1 amide bonds. The zero-order valence-electron chi connectivity index (χ0n) is 17.6. The Balaban J connectivity index is 1.69. The Hall–Kier alpha value is -3.56. The van der Waals surface area contributed by atoms with Crippen molar-refractivity contribution >= 4 is 28.9 Å². The van der Waals surface area contributed by atoms with E-state index in [0.717, 1.165) is 30.7 Å². The summed E-state index contributed by atoms with van der Waals surface area (Å²) in [6, 6.07) is 7.07. The maximum absolute atomic E-state index is 13.6. The molecule has 0 spiro atoms. The summed E-state index contributed by atoms with van der Waals surface area (Å²) in [5.74, 6) is -3.12. The number of nitrogens with one attached hydrogen (secondary N) is 1. The van der Waals surface area contributed by atoms with Gasteiger partial charge in [-0.25, -0.2) is 13.6 Å². The molecule has 1 N–H and O–H groups in total. The smallest absolute Gasteiger partial charge is 0.338 e. The van der Waals surface area contributed by atoms with Gasteiger partial charge in [-0.1, -0.05) is 19.9 Å². The number of halogens is 2. The standard InChI is InChI=1S/C22H23F2N3O5/c1-13-8-14(2)11-26(10-13)18-7-6-15(9-19(18)27(30)31)22(29)32-12-20(28)25-21-16(23)4-3-5-17(21)24/h3-7,9,13-14H,8,10-12H2,1-2H3,(H,25,28)/t13-,14-/m1/s1. The van der Waals surface area contributed by atoms with Gasteiger partial charge in [0, 0.05) is 19.2 Å². The van der Waals surface area contributed by atoms with Crippen molar-refractivity contribution in [3.8, 4) is 0 Å². The molecule has 0 aliphatic carbocycles. The van der Waals surface area contributed by atoms with E-state index >= 15 is 0 Å². The zero-order valence-corrected chi connectivity index (χ0v) is 17.6. The lowest BCUT2D eigenvalue weighted by atomic mass is 9.91. The van der Waals surface area contributed by atoms with Crippen LogP contribution in [0.4, 0.5) is 25.8 Å². The van der Waals surface area contributed by atoms with Crippen LogP contribution < -0.4 is 10.2 Å². The predicted molar refractivity (Wildman–Crippen MR) is 114 cm³/mol. The predicted octanol–water partition coefficient (Wildman–Crippen LogP) is 4.15. The average molecular weight is 447 g/mol. The van der Waals surface area contributed by atoms with Crippen LogP contribution in [-0.4, -0.2) is 36.5 Å². The molecular formula is C22H23F2N3O5. The van der Waals surface area contributed by atoms with Gasteiger partial charge in [0.15, 0.2) is 6.61 Å². The van der Waals surface area contributed by atoms with Crippen molar-refractivity contribution in [1.82, 2.24) is 0 Å². The first-order valence-electron chi connectivity index (χ1n) is 10.1. The van der Waals surface area contributed by atoms with E-state index in [1.807, 2.05) is 10.2 Å². The van der Waals surface area contributed by atoms with Crippen LogP contribution >= 0.6 is 0 Å². The monoisotopic (exact) mass is 447 g/mol. The number of rotatable bonds is 6. The van der Waals surface area contributed by atoms with Crippen LogP contribution in [0.25, 0.3) is 0 Å². The third-order valence-electron chi connectivity index (χ3n) is 5.18. The van der Waals surface area contributed by atoms with Crippen molar-refractivity contribution in [3.05, 3.63) is 63.7 Å². The Morgan fingerprint density at radius 3 is 2.38 bits per heavy atom. The number of benzene rings is 2. The number of hydrogen-bond acceptors (Lipinski definition) is 6. The van der Waals surface area contributed by atoms with Gasteiger partial charge in [0.1, 0.15) is 23.0 Å². The van der Waals surface area contributed by atoms with Crippen LogP contribution in [0.3, 0.4) is 0 Å². The molecule has 0 unspecified atom stereocenters. The number of hydrogen-bond donors (Lipinski definition) is 1. The first-order chi connectivity index (χ1) is 15.2. The zero-order chi connectivity index (χ0) is 23.4. The second kappa shape index (κ2) is 9.71. The molecule has 32 heavy (non-hydrogen) atoms. The van der Waals surface area contributed by atoms with Crippen LogP contribution in [0.1, 0.15) is 30.6 Å². The summed E-state index contributed by atoms with van der Waals surface area (Å²) in [6.07, 6.45) is 1.04. The third kappa shape index (κ3) is 5.37. The minimum Gasteiger partial charge on any atom is -0.452 e. The number of ether oxygens (including phenoxy) is 1. The topological polar surface area (TPSA) is 102 Å². The molecular weight excluding hydrogens is 424 g/mol. The van der Waals surface area contributed by atoms with Gasteiger partial charge in [-0.2, -0.15) is 0 Å². The summed E-state index contributed by atoms with van der Waals surface area (Å²) >= 11 is 0. The number of anilines is 2. The average Bonchev–Trinajstić information content (AvgIpc) is 2.73. The molecule has 2 aromatic rings. The number of para-hydroxylation sites is 1. The molecule has 2 atom stereocenters. The van der Waals surface area contributed by atoms with Gasteiger partial charge in [0.25, 0.3) is 11.6 Å². The lowest BCUT2D eigenvalue weighted by Gasteiger charge is -2.36. The molecule has 0 bridgehead atoms. The summed E-state index contributed by atoms with van der Waals surface area (Å²) in [7, 11) is 0.